The van der Waals surface area contributed by atoms with Crippen molar-refractivity contribution in [2.45, 2.75) is 44.4 Å². The normalized spacial score (nSPS) is 18.4. The molecule has 3 heteroatoms. The Bertz CT molecular complexity index is 3500. The van der Waals surface area contributed by atoms with Crippen LogP contribution in [-0.4, -0.2) is 4.57 Å². The van der Waals surface area contributed by atoms with Gasteiger partial charge in [0.25, 0.3) is 0 Å². The zero-order valence-electron chi connectivity index (χ0n) is 37.2. The van der Waals surface area contributed by atoms with Gasteiger partial charge in [0.1, 0.15) is 0 Å². The van der Waals surface area contributed by atoms with Crippen LogP contribution in [0.25, 0.3) is 38.6 Å². The molecule has 0 saturated heterocycles. The maximum Gasteiger partial charge on any atom is 0.0561 e. The van der Waals surface area contributed by atoms with Crippen molar-refractivity contribution in [3.8, 4) is 16.8 Å². The lowest BCUT2D eigenvalue weighted by Crippen LogP contribution is -2.34. The Morgan fingerprint density at radius 3 is 1.67 bits per heavy atom. The van der Waals surface area contributed by atoms with Crippen LogP contribution in [0.1, 0.15) is 51.8 Å². The Morgan fingerprint density at radius 1 is 0.424 bits per heavy atom. The standard InChI is InChI=1S/C63H49N3/c1-41-26-30-50(31-27-41)66-57-23-11-10-22-55(57)56-35-33-52(40-60(56)66)65(51-32-34-54-45(39-51)36-42-14-8-9-21-53(42)54)59-25-13-16-44-38-47-29-28-46-37-43-15-12-24-58(61(43)63(46,47)62(44)59)64(48-17-4-2-5-18-48)49-19-6-3-7-20-49/h2-27,30-35,39-40,46-47H,28-29,36-38H2,1H3. The molecule has 3 nitrogen and oxygen atoms in total. The van der Waals surface area contributed by atoms with E-state index < -0.39 is 0 Å². The molecular formula is C63H49N3. The molecule has 316 valence electrons. The highest BCUT2D eigenvalue weighted by atomic mass is 15.2. The van der Waals surface area contributed by atoms with Gasteiger partial charge >= 0.3 is 0 Å². The number of aromatic nitrogens is 1. The van der Waals surface area contributed by atoms with Crippen molar-refractivity contribution >= 4 is 55.9 Å². The Labute approximate surface area is 386 Å². The summed E-state index contributed by atoms with van der Waals surface area (Å²) in [5.74, 6) is 1.02. The quantitative estimate of drug-likeness (QED) is 0.158. The van der Waals surface area contributed by atoms with Gasteiger partial charge in [0.15, 0.2) is 0 Å². The molecule has 1 fully saturated rings. The predicted octanol–water partition coefficient (Wildman–Crippen LogP) is 16.0. The minimum absolute atomic E-state index is 0.147. The van der Waals surface area contributed by atoms with Crippen molar-refractivity contribution in [3.63, 3.8) is 0 Å². The lowest BCUT2D eigenvalue weighted by Gasteiger charge is -2.40. The van der Waals surface area contributed by atoms with E-state index in [0.29, 0.717) is 11.8 Å². The van der Waals surface area contributed by atoms with Crippen LogP contribution in [0.3, 0.4) is 0 Å². The van der Waals surface area contributed by atoms with E-state index in [4.69, 9.17) is 0 Å². The zero-order chi connectivity index (χ0) is 43.5. The number of rotatable bonds is 7. The van der Waals surface area contributed by atoms with E-state index in [9.17, 15) is 0 Å². The van der Waals surface area contributed by atoms with Gasteiger partial charge in [0.2, 0.25) is 0 Å². The van der Waals surface area contributed by atoms with Crippen LogP contribution < -0.4 is 9.80 Å². The number of benzene rings is 9. The first-order chi connectivity index (χ1) is 32.6. The number of anilines is 6. The smallest absolute Gasteiger partial charge is 0.0561 e. The van der Waals surface area contributed by atoms with E-state index in [0.717, 1.165) is 19.3 Å². The molecule has 66 heavy (non-hydrogen) atoms. The Balaban J connectivity index is 1.03. The minimum atomic E-state index is -0.147. The molecule has 1 heterocycles. The lowest BCUT2D eigenvalue weighted by atomic mass is 9.68. The van der Waals surface area contributed by atoms with E-state index >= 15 is 0 Å². The van der Waals surface area contributed by atoms with Gasteiger partial charge in [-0.1, -0.05) is 133 Å². The van der Waals surface area contributed by atoms with Gasteiger partial charge in [-0.15, -0.1) is 0 Å². The van der Waals surface area contributed by atoms with Crippen LogP contribution in [0, 0.1) is 18.8 Å². The summed E-state index contributed by atoms with van der Waals surface area (Å²) < 4.78 is 2.48. The summed E-state index contributed by atoms with van der Waals surface area (Å²) >= 11 is 0. The number of hydrogen-bond acceptors (Lipinski definition) is 2. The second-order valence-electron chi connectivity index (χ2n) is 19.3. The number of para-hydroxylation sites is 3. The molecular weight excluding hydrogens is 799 g/mol. The molecule has 3 atom stereocenters. The molecule has 4 aliphatic rings. The summed E-state index contributed by atoms with van der Waals surface area (Å²) in [4.78, 5) is 5.19. The topological polar surface area (TPSA) is 11.4 Å². The van der Waals surface area contributed by atoms with Crippen molar-refractivity contribution in [3.05, 3.63) is 245 Å². The fraction of sp³-hybridized carbons (Fsp3) is 0.143. The molecule has 1 saturated carbocycles. The first-order valence-corrected chi connectivity index (χ1v) is 23.9. The van der Waals surface area contributed by atoms with Gasteiger partial charge in [-0.3, -0.25) is 0 Å². The van der Waals surface area contributed by atoms with Crippen LogP contribution >= 0.6 is 0 Å². The summed E-state index contributed by atoms with van der Waals surface area (Å²) in [7, 11) is 0. The molecule has 0 radical (unpaired) electrons. The SMILES string of the molecule is Cc1ccc(-n2c3ccccc3c3ccc(N(c4ccc5c(c4)Cc4ccccc4-5)c4cccc5c4C46c7c(cccc7N(c7ccccc7)c7ccccc7)CC4CCC6C5)cc32)cc1. The number of hydrogen-bond donors (Lipinski definition) is 0. The molecule has 1 aromatic heterocycles. The Morgan fingerprint density at radius 2 is 0.970 bits per heavy atom. The van der Waals surface area contributed by atoms with Gasteiger partial charge < -0.3 is 14.4 Å². The number of nitrogens with zero attached hydrogens (tertiary/aromatic N) is 3. The molecule has 14 rings (SSSR count). The monoisotopic (exact) mass is 847 g/mol. The van der Waals surface area contributed by atoms with Crippen LogP contribution in [0.4, 0.5) is 34.1 Å². The second-order valence-corrected chi connectivity index (χ2v) is 19.3. The summed E-state index contributed by atoms with van der Waals surface area (Å²) in [6.45, 7) is 2.17. The fourth-order valence-corrected chi connectivity index (χ4v) is 13.4. The average molecular weight is 848 g/mol. The maximum absolute atomic E-state index is 2.65. The van der Waals surface area contributed by atoms with Crippen molar-refractivity contribution in [2.75, 3.05) is 9.80 Å². The molecule has 0 bridgehead atoms. The van der Waals surface area contributed by atoms with Gasteiger partial charge in [-0.2, -0.15) is 0 Å². The predicted molar refractivity (Wildman–Crippen MR) is 274 cm³/mol. The van der Waals surface area contributed by atoms with Crippen LogP contribution in [0.2, 0.25) is 0 Å². The highest BCUT2D eigenvalue weighted by Crippen LogP contribution is 2.69. The molecule has 4 aliphatic carbocycles. The van der Waals surface area contributed by atoms with E-state index in [1.54, 1.807) is 0 Å². The summed E-state index contributed by atoms with van der Waals surface area (Å²) in [6.07, 6.45) is 5.62. The summed E-state index contributed by atoms with van der Waals surface area (Å²) in [5, 5.41) is 2.54. The van der Waals surface area contributed by atoms with Crippen molar-refractivity contribution in [2.24, 2.45) is 11.8 Å². The van der Waals surface area contributed by atoms with Gasteiger partial charge in [-0.05, 0) is 174 Å². The van der Waals surface area contributed by atoms with E-state index in [-0.39, 0.29) is 5.41 Å². The van der Waals surface area contributed by atoms with E-state index in [2.05, 4.69) is 228 Å². The first kappa shape index (κ1) is 37.7. The van der Waals surface area contributed by atoms with Gasteiger partial charge in [0, 0.05) is 44.6 Å². The van der Waals surface area contributed by atoms with Crippen LogP contribution in [0.15, 0.2) is 206 Å². The largest absolute Gasteiger partial charge is 0.310 e. The zero-order valence-corrected chi connectivity index (χ0v) is 37.2. The van der Waals surface area contributed by atoms with Crippen LogP contribution in [0.5, 0.6) is 0 Å². The second kappa shape index (κ2) is 14.4. The number of fused-ring (bicyclic) bond motifs is 8. The van der Waals surface area contributed by atoms with Gasteiger partial charge in [-0.25, -0.2) is 0 Å². The number of aryl methyl sites for hydroxylation is 1. The summed E-state index contributed by atoms with van der Waals surface area (Å²) in [5.41, 5.74) is 23.7. The molecule has 0 amide bonds. The van der Waals surface area contributed by atoms with Gasteiger partial charge in [0.05, 0.1) is 22.4 Å². The van der Waals surface area contributed by atoms with Crippen LogP contribution in [-0.2, 0) is 24.7 Å². The third kappa shape index (κ3) is 5.37. The first-order valence-electron chi connectivity index (χ1n) is 23.9. The minimum Gasteiger partial charge on any atom is -0.310 e. The average Bonchev–Trinajstić information content (AvgIpc) is 4.16. The molecule has 1 spiro atoms. The highest BCUT2D eigenvalue weighted by Gasteiger charge is 2.62. The van der Waals surface area contributed by atoms with Crippen molar-refractivity contribution in [1.82, 2.24) is 4.57 Å². The maximum atomic E-state index is 2.65. The fourth-order valence-electron chi connectivity index (χ4n) is 13.4. The molecule has 0 N–H and O–H groups in total. The molecule has 0 aliphatic heterocycles. The van der Waals surface area contributed by atoms with E-state index in [1.807, 2.05) is 0 Å². The third-order valence-electron chi connectivity index (χ3n) is 15.9. The van der Waals surface area contributed by atoms with E-state index in [1.165, 1.54) is 125 Å². The highest BCUT2D eigenvalue weighted by molar-refractivity contribution is 6.10. The lowest BCUT2D eigenvalue weighted by molar-refractivity contribution is 0.350. The molecule has 10 aromatic rings. The third-order valence-corrected chi connectivity index (χ3v) is 15.9. The Kier molecular flexibility index (Phi) is 8.26. The van der Waals surface area contributed by atoms with Crippen molar-refractivity contribution < 1.29 is 0 Å². The molecule has 3 unspecified atom stereocenters. The Hall–Kier alpha value is -7.62. The molecule has 9 aromatic carbocycles. The van der Waals surface area contributed by atoms with Crippen molar-refractivity contribution in [1.29, 1.82) is 0 Å². The summed E-state index contributed by atoms with van der Waals surface area (Å²) in [6, 6.07) is 78.0.